The second-order valence-corrected chi connectivity index (χ2v) is 15.1. The highest BCUT2D eigenvalue weighted by Gasteiger charge is 2.24. The number of rotatable bonds is 7. The summed E-state index contributed by atoms with van der Waals surface area (Å²) in [5.74, 6) is 1.19. The molecule has 6 heteroatoms. The highest BCUT2D eigenvalue weighted by Crippen LogP contribution is 2.23. The highest BCUT2D eigenvalue weighted by atomic mass is 28.4. The number of allylic oxidation sites excluding steroid dienone is 1. The summed E-state index contributed by atoms with van der Waals surface area (Å²) in [5.41, 5.74) is 0.828. The summed E-state index contributed by atoms with van der Waals surface area (Å²) in [5, 5.41) is 0. The van der Waals surface area contributed by atoms with Gasteiger partial charge >= 0.3 is 0 Å². The molecule has 0 rings (SSSR count). The van der Waals surface area contributed by atoms with E-state index in [2.05, 4.69) is 39.3 Å². The summed E-state index contributed by atoms with van der Waals surface area (Å²) in [6.07, 6.45) is 1.60. The van der Waals surface area contributed by atoms with Crippen LogP contribution in [0.3, 0.4) is 0 Å². The number of hydrogen-bond acceptors (Lipinski definition) is 4. The molecule has 112 valence electrons. The van der Waals surface area contributed by atoms with Crippen LogP contribution in [-0.2, 0) is 18.3 Å². The fraction of sp³-hybridized carbons (Fsp3) is 0.692. The Kier molecular flexibility index (Phi) is 6.72. The van der Waals surface area contributed by atoms with E-state index < -0.39 is 16.6 Å². The van der Waals surface area contributed by atoms with Crippen molar-refractivity contribution in [2.45, 2.75) is 46.2 Å². The Morgan fingerprint density at radius 3 is 1.63 bits per heavy atom. The molecule has 0 aliphatic heterocycles. The molecule has 0 radical (unpaired) electrons. The summed E-state index contributed by atoms with van der Waals surface area (Å²) in [4.78, 5) is 0. The molecule has 0 aromatic rings. The normalized spacial score (nSPS) is 14.7. The molecule has 0 atom stereocenters. The molecule has 0 amide bonds. The Hall–Kier alpha value is -0.886. The van der Waals surface area contributed by atoms with Gasteiger partial charge in [0.2, 0.25) is 16.6 Å². The Morgan fingerprint density at radius 2 is 1.32 bits per heavy atom. The van der Waals surface area contributed by atoms with Gasteiger partial charge in [-0.2, -0.15) is 0 Å². The van der Waals surface area contributed by atoms with Crippen LogP contribution >= 0.6 is 0 Å². The van der Waals surface area contributed by atoms with Crippen LogP contribution in [-0.4, -0.2) is 30.9 Å². The summed E-state index contributed by atoms with van der Waals surface area (Å²) in [7, 11) is -0.234. The van der Waals surface area contributed by atoms with Gasteiger partial charge in [-0.25, -0.2) is 0 Å². The molecule has 4 nitrogen and oxygen atoms in total. The molecule has 0 saturated carbocycles. The molecule has 0 aromatic heterocycles. The highest BCUT2D eigenvalue weighted by molar-refractivity contribution is 6.70. The van der Waals surface area contributed by atoms with E-state index in [0.29, 0.717) is 11.7 Å². The minimum absolute atomic E-state index is 0.515. The maximum Gasteiger partial charge on any atom is 0.271 e. The van der Waals surface area contributed by atoms with Gasteiger partial charge in [-0.1, -0.05) is 0 Å². The Labute approximate surface area is 119 Å². The van der Waals surface area contributed by atoms with E-state index in [-0.39, 0.29) is 0 Å². The van der Waals surface area contributed by atoms with Crippen molar-refractivity contribution >= 4 is 16.6 Å². The topological polar surface area (TPSA) is 36.9 Å². The lowest BCUT2D eigenvalue weighted by atomic mass is 10.3. The molecule has 0 spiro atoms. The van der Waals surface area contributed by atoms with Gasteiger partial charge in [0, 0.05) is 0 Å². The third-order valence-corrected chi connectivity index (χ3v) is 3.53. The molecule has 0 saturated heterocycles. The van der Waals surface area contributed by atoms with Gasteiger partial charge in [-0.05, 0) is 46.2 Å². The molecule has 0 heterocycles. The van der Waals surface area contributed by atoms with Crippen molar-refractivity contribution in [2.75, 3.05) is 14.2 Å². The van der Waals surface area contributed by atoms with Crippen molar-refractivity contribution in [1.82, 2.24) is 0 Å². The second kappa shape index (κ2) is 7.05. The number of ether oxygens (including phenoxy) is 2. The zero-order chi connectivity index (χ0) is 15.3. The SMILES string of the molecule is CO/C=C(O[Si](C)(C)C)/C(C)=C(/OC)O[Si](C)(C)C. The molecule has 0 fully saturated rings. The van der Waals surface area contributed by atoms with Gasteiger partial charge < -0.3 is 18.3 Å². The van der Waals surface area contributed by atoms with Crippen LogP contribution in [0.1, 0.15) is 6.92 Å². The fourth-order valence-electron chi connectivity index (χ4n) is 1.28. The van der Waals surface area contributed by atoms with Crippen LogP contribution < -0.4 is 0 Å². The molecular weight excluding hydrogens is 276 g/mol. The van der Waals surface area contributed by atoms with Crippen molar-refractivity contribution in [3.63, 3.8) is 0 Å². The van der Waals surface area contributed by atoms with E-state index in [1.165, 1.54) is 0 Å². The average Bonchev–Trinajstić information content (AvgIpc) is 2.21. The third kappa shape index (κ3) is 7.99. The van der Waals surface area contributed by atoms with Gasteiger partial charge in [0.05, 0.1) is 19.8 Å². The minimum atomic E-state index is -1.73. The van der Waals surface area contributed by atoms with Crippen LogP contribution in [0.5, 0.6) is 0 Å². The van der Waals surface area contributed by atoms with Crippen molar-refractivity contribution < 1.29 is 18.3 Å². The predicted octanol–water partition coefficient (Wildman–Crippen LogP) is 4.06. The van der Waals surface area contributed by atoms with Crippen LogP contribution in [0.15, 0.2) is 23.5 Å². The monoisotopic (exact) mass is 304 g/mol. The predicted molar refractivity (Wildman–Crippen MR) is 83.7 cm³/mol. The van der Waals surface area contributed by atoms with Gasteiger partial charge in [-0.15, -0.1) is 0 Å². The lowest BCUT2D eigenvalue weighted by molar-refractivity contribution is 0.140. The van der Waals surface area contributed by atoms with Gasteiger partial charge in [0.15, 0.2) is 0 Å². The fourth-order valence-corrected chi connectivity index (χ4v) is 2.93. The summed E-state index contributed by atoms with van der Waals surface area (Å²) < 4.78 is 22.4. The molecule has 0 aromatic carbocycles. The summed E-state index contributed by atoms with van der Waals surface area (Å²) in [6, 6.07) is 0. The summed E-state index contributed by atoms with van der Waals surface area (Å²) >= 11 is 0. The molecule has 0 aliphatic rings. The smallest absolute Gasteiger partial charge is 0.271 e. The zero-order valence-corrected chi connectivity index (χ0v) is 15.7. The molecule has 0 bridgehead atoms. The minimum Gasteiger partial charge on any atom is -0.542 e. The maximum absolute atomic E-state index is 6.01. The lowest BCUT2D eigenvalue weighted by Gasteiger charge is -2.25. The second-order valence-electron chi connectivity index (χ2n) is 6.26. The first-order valence-electron chi connectivity index (χ1n) is 6.36. The lowest BCUT2D eigenvalue weighted by Crippen LogP contribution is -2.28. The van der Waals surface area contributed by atoms with Crippen LogP contribution in [0, 0.1) is 0 Å². The van der Waals surface area contributed by atoms with E-state index in [1.54, 1.807) is 20.5 Å². The van der Waals surface area contributed by atoms with Crippen molar-refractivity contribution in [2.24, 2.45) is 0 Å². The van der Waals surface area contributed by atoms with Crippen molar-refractivity contribution in [3.05, 3.63) is 23.5 Å². The Bertz CT molecular complexity index is 349. The van der Waals surface area contributed by atoms with Crippen molar-refractivity contribution in [1.29, 1.82) is 0 Å². The van der Waals surface area contributed by atoms with Crippen molar-refractivity contribution in [3.8, 4) is 0 Å². The standard InChI is InChI=1S/C13H28O4Si2/c1-11(13(15-3)17-19(7,8)9)12(10-14-2)16-18(4,5)6/h10H,1-9H3/b12-10-,13-11-. The maximum atomic E-state index is 6.01. The molecule has 0 aliphatic carbocycles. The van der Waals surface area contributed by atoms with Gasteiger partial charge in [0.25, 0.3) is 5.95 Å². The Morgan fingerprint density at radius 1 is 0.842 bits per heavy atom. The van der Waals surface area contributed by atoms with Gasteiger partial charge in [-0.3, -0.25) is 0 Å². The average molecular weight is 305 g/mol. The van der Waals surface area contributed by atoms with Crippen LogP contribution in [0.2, 0.25) is 39.3 Å². The molecule has 19 heavy (non-hydrogen) atoms. The van der Waals surface area contributed by atoms with E-state index in [1.807, 2.05) is 6.92 Å². The molecule has 0 unspecified atom stereocenters. The first-order chi connectivity index (χ1) is 8.50. The number of hydrogen-bond donors (Lipinski definition) is 0. The van der Waals surface area contributed by atoms with Crippen LogP contribution in [0.25, 0.3) is 0 Å². The third-order valence-electron chi connectivity index (χ3n) is 1.90. The quantitative estimate of drug-likeness (QED) is 0.404. The van der Waals surface area contributed by atoms with E-state index in [0.717, 1.165) is 5.57 Å². The van der Waals surface area contributed by atoms with E-state index in [9.17, 15) is 0 Å². The van der Waals surface area contributed by atoms with Crippen LogP contribution in [0.4, 0.5) is 0 Å². The zero-order valence-electron chi connectivity index (χ0n) is 13.7. The first kappa shape index (κ1) is 18.1. The molecular formula is C13H28O4Si2. The van der Waals surface area contributed by atoms with E-state index >= 15 is 0 Å². The molecule has 0 N–H and O–H groups in total. The van der Waals surface area contributed by atoms with Gasteiger partial charge in [0.1, 0.15) is 12.0 Å². The number of methoxy groups -OCH3 is 2. The summed E-state index contributed by atoms with van der Waals surface area (Å²) in [6.45, 7) is 14.6. The Balaban J connectivity index is 5.35. The van der Waals surface area contributed by atoms with E-state index in [4.69, 9.17) is 18.3 Å². The first-order valence-corrected chi connectivity index (χ1v) is 13.2. The largest absolute Gasteiger partial charge is 0.542 e.